The van der Waals surface area contributed by atoms with Crippen LogP contribution in [0.3, 0.4) is 0 Å². The van der Waals surface area contributed by atoms with Gasteiger partial charge in [-0.1, -0.05) is 16.8 Å². The van der Waals surface area contributed by atoms with Crippen molar-refractivity contribution >= 4 is 45.9 Å². The molecule has 0 amide bonds. The number of fused-ring (bicyclic) bond motifs is 1. The van der Waals surface area contributed by atoms with Gasteiger partial charge in [-0.15, -0.1) is 5.10 Å². The van der Waals surface area contributed by atoms with Gasteiger partial charge in [0.2, 0.25) is 5.95 Å². The third-order valence-electron chi connectivity index (χ3n) is 3.27. The lowest BCUT2D eigenvalue weighted by Gasteiger charge is -2.11. The van der Waals surface area contributed by atoms with Gasteiger partial charge in [0.1, 0.15) is 0 Å². The maximum Gasteiger partial charge on any atom is 0.226 e. The highest BCUT2D eigenvalue weighted by molar-refractivity contribution is 6.33. The van der Waals surface area contributed by atoms with E-state index >= 15 is 0 Å². The van der Waals surface area contributed by atoms with Crippen molar-refractivity contribution in [1.82, 2.24) is 25.0 Å². The molecule has 2 heterocycles. The molecule has 1 aromatic carbocycles. The summed E-state index contributed by atoms with van der Waals surface area (Å²) in [5.41, 5.74) is 8.07. The first-order valence-electron chi connectivity index (χ1n) is 7.25. The number of hydrogen-bond acceptors (Lipinski definition) is 8. The number of aliphatic hydroxyl groups excluding tert-OH is 1. The van der Waals surface area contributed by atoms with Gasteiger partial charge in [-0.05, 0) is 25.1 Å². The number of aromatic nitrogens is 5. The normalized spacial score (nSPS) is 12.3. The fraction of sp³-hybridized carbons (Fsp3) is 0.286. The summed E-state index contributed by atoms with van der Waals surface area (Å²) in [6, 6.07) is 5.18. The zero-order valence-corrected chi connectivity index (χ0v) is 13.9. The topological polar surface area (TPSA) is 127 Å². The van der Waals surface area contributed by atoms with Crippen molar-refractivity contribution in [3.05, 3.63) is 23.2 Å². The lowest BCUT2D eigenvalue weighted by Crippen LogP contribution is -2.17. The van der Waals surface area contributed by atoms with Crippen LogP contribution in [-0.2, 0) is 7.05 Å². The van der Waals surface area contributed by atoms with E-state index in [4.69, 9.17) is 17.3 Å². The highest BCUT2D eigenvalue weighted by Crippen LogP contribution is 2.27. The van der Waals surface area contributed by atoms with E-state index in [0.29, 0.717) is 45.9 Å². The Bertz CT molecular complexity index is 879. The molecule has 1 unspecified atom stereocenters. The summed E-state index contributed by atoms with van der Waals surface area (Å²) in [5.74, 6) is 0.834. The summed E-state index contributed by atoms with van der Waals surface area (Å²) in [6.45, 7) is 2.00. The average Bonchev–Trinajstić information content (AvgIpc) is 2.91. The SMILES string of the molecule is CC(O)CNc1nc(Nc2ccc(Cl)c(N)c2)c2nnn(C)c2n1. The third kappa shape index (κ3) is 3.31. The van der Waals surface area contributed by atoms with Crippen LogP contribution in [0, 0.1) is 0 Å². The van der Waals surface area contributed by atoms with E-state index in [2.05, 4.69) is 30.9 Å². The Labute approximate surface area is 142 Å². The molecule has 0 bridgehead atoms. The Morgan fingerprint density at radius 3 is 2.88 bits per heavy atom. The van der Waals surface area contributed by atoms with Gasteiger partial charge in [-0.3, -0.25) is 0 Å². The van der Waals surface area contributed by atoms with Crippen molar-refractivity contribution in [2.45, 2.75) is 13.0 Å². The summed E-state index contributed by atoms with van der Waals surface area (Å²) < 4.78 is 1.55. The zero-order chi connectivity index (χ0) is 17.3. The summed E-state index contributed by atoms with van der Waals surface area (Å²) in [4.78, 5) is 8.76. The van der Waals surface area contributed by atoms with E-state index in [-0.39, 0.29) is 0 Å². The highest BCUT2D eigenvalue weighted by Gasteiger charge is 2.14. The van der Waals surface area contributed by atoms with E-state index in [1.807, 2.05) is 0 Å². The molecular weight excluding hydrogens is 332 g/mol. The number of aryl methyl sites for hydroxylation is 1. The molecule has 0 aliphatic rings. The number of halogens is 1. The monoisotopic (exact) mass is 348 g/mol. The number of nitrogen functional groups attached to an aromatic ring is 1. The van der Waals surface area contributed by atoms with Gasteiger partial charge in [0.05, 0.1) is 16.8 Å². The Morgan fingerprint density at radius 1 is 1.38 bits per heavy atom. The minimum Gasteiger partial charge on any atom is -0.397 e. The summed E-state index contributed by atoms with van der Waals surface area (Å²) in [6.07, 6.45) is -0.526. The molecule has 0 saturated heterocycles. The lowest BCUT2D eigenvalue weighted by molar-refractivity contribution is 0.208. The first-order chi connectivity index (χ1) is 11.4. The maximum atomic E-state index is 9.41. The molecule has 0 radical (unpaired) electrons. The van der Waals surface area contributed by atoms with E-state index in [1.165, 1.54) is 0 Å². The number of nitrogens with two attached hydrogens (primary N) is 1. The molecule has 0 spiro atoms. The van der Waals surface area contributed by atoms with Crippen LogP contribution in [0.2, 0.25) is 5.02 Å². The molecular formula is C14H17ClN8O. The summed E-state index contributed by atoms with van der Waals surface area (Å²) in [5, 5.41) is 24.1. The van der Waals surface area contributed by atoms with Crippen LogP contribution >= 0.6 is 11.6 Å². The second kappa shape index (κ2) is 6.46. The molecule has 3 aromatic rings. The smallest absolute Gasteiger partial charge is 0.226 e. The molecule has 1 atom stereocenters. The molecule has 0 fully saturated rings. The first-order valence-corrected chi connectivity index (χ1v) is 7.63. The second-order valence-electron chi connectivity index (χ2n) is 5.37. The van der Waals surface area contributed by atoms with Crippen molar-refractivity contribution in [3.8, 4) is 0 Å². The van der Waals surface area contributed by atoms with Crippen LogP contribution in [0.5, 0.6) is 0 Å². The quantitative estimate of drug-likeness (QED) is 0.511. The minimum atomic E-state index is -0.526. The van der Waals surface area contributed by atoms with E-state index in [0.717, 1.165) is 0 Å². The average molecular weight is 349 g/mol. The molecule has 0 aliphatic heterocycles. The molecule has 9 nitrogen and oxygen atoms in total. The van der Waals surface area contributed by atoms with Crippen molar-refractivity contribution in [3.63, 3.8) is 0 Å². The van der Waals surface area contributed by atoms with Gasteiger partial charge in [0, 0.05) is 19.3 Å². The zero-order valence-electron chi connectivity index (χ0n) is 13.2. The van der Waals surface area contributed by atoms with Gasteiger partial charge in [0.15, 0.2) is 17.0 Å². The number of nitrogens with one attached hydrogen (secondary N) is 2. The van der Waals surface area contributed by atoms with Crippen LogP contribution in [0.1, 0.15) is 6.92 Å². The number of hydrogen-bond donors (Lipinski definition) is 4. The van der Waals surface area contributed by atoms with Gasteiger partial charge in [-0.2, -0.15) is 9.97 Å². The van der Waals surface area contributed by atoms with Crippen LogP contribution in [0.15, 0.2) is 18.2 Å². The largest absolute Gasteiger partial charge is 0.397 e. The van der Waals surface area contributed by atoms with Crippen LogP contribution in [0.4, 0.5) is 23.1 Å². The second-order valence-corrected chi connectivity index (χ2v) is 5.78. The molecule has 24 heavy (non-hydrogen) atoms. The van der Waals surface area contributed by atoms with E-state index < -0.39 is 6.10 Å². The molecule has 2 aromatic heterocycles. The molecule has 0 saturated carbocycles. The summed E-state index contributed by atoms with van der Waals surface area (Å²) >= 11 is 5.94. The Kier molecular flexibility index (Phi) is 4.36. The third-order valence-corrected chi connectivity index (χ3v) is 3.61. The van der Waals surface area contributed by atoms with Crippen LogP contribution in [-0.4, -0.2) is 42.7 Å². The predicted octanol–water partition coefficient (Wildman–Crippen LogP) is 1.53. The number of benzene rings is 1. The van der Waals surface area contributed by atoms with Crippen molar-refractivity contribution < 1.29 is 5.11 Å². The van der Waals surface area contributed by atoms with Crippen molar-refractivity contribution in [1.29, 1.82) is 0 Å². The van der Waals surface area contributed by atoms with Crippen LogP contribution in [0.25, 0.3) is 11.2 Å². The van der Waals surface area contributed by atoms with Gasteiger partial charge >= 0.3 is 0 Å². The standard InChI is InChI=1S/C14H17ClN8O/c1-7(24)6-17-14-19-12(11-13(20-14)23(2)22-21-11)18-8-3-4-9(15)10(16)5-8/h3-5,7,24H,6,16H2,1-2H3,(H2,17,18,19,20). The highest BCUT2D eigenvalue weighted by atomic mass is 35.5. The maximum absolute atomic E-state index is 9.41. The number of nitrogens with zero attached hydrogens (tertiary/aromatic N) is 5. The molecule has 10 heteroatoms. The first kappa shape index (κ1) is 16.2. The minimum absolute atomic E-state index is 0.324. The fourth-order valence-electron chi connectivity index (χ4n) is 2.08. The number of anilines is 4. The van der Waals surface area contributed by atoms with Gasteiger partial charge in [0.25, 0.3) is 0 Å². The van der Waals surface area contributed by atoms with Crippen LogP contribution < -0.4 is 16.4 Å². The summed E-state index contributed by atoms with van der Waals surface area (Å²) in [7, 11) is 1.74. The van der Waals surface area contributed by atoms with Gasteiger partial charge < -0.3 is 21.5 Å². The van der Waals surface area contributed by atoms with Crippen molar-refractivity contribution in [2.24, 2.45) is 7.05 Å². The molecule has 126 valence electrons. The molecule has 0 aliphatic carbocycles. The van der Waals surface area contributed by atoms with Gasteiger partial charge in [-0.25, -0.2) is 4.68 Å². The number of aliphatic hydroxyl groups is 1. The molecule has 3 rings (SSSR count). The molecule has 5 N–H and O–H groups in total. The Hall–Kier alpha value is -2.65. The Balaban J connectivity index is 1.99. The van der Waals surface area contributed by atoms with E-state index in [9.17, 15) is 5.11 Å². The van der Waals surface area contributed by atoms with Crippen molar-refractivity contribution in [2.75, 3.05) is 22.9 Å². The van der Waals surface area contributed by atoms with E-state index in [1.54, 1.807) is 36.9 Å². The fourth-order valence-corrected chi connectivity index (χ4v) is 2.20. The lowest BCUT2D eigenvalue weighted by atomic mass is 10.3. The Morgan fingerprint density at radius 2 is 2.17 bits per heavy atom. The number of rotatable bonds is 5. The predicted molar refractivity (Wildman–Crippen MR) is 93.4 cm³/mol.